The minimum atomic E-state index is -0.261. The van der Waals surface area contributed by atoms with Gasteiger partial charge < -0.3 is 10.5 Å². The minimum Gasteiger partial charge on any atom is -0.462 e. The molecule has 0 radical (unpaired) electrons. The number of unbranched alkanes of at least 4 members (excludes halogenated alkanes) is 7. The van der Waals surface area contributed by atoms with Crippen LogP contribution in [-0.4, -0.2) is 12.6 Å². The van der Waals surface area contributed by atoms with Gasteiger partial charge in [-0.05, 0) is 31.0 Å². The Morgan fingerprint density at radius 2 is 1.67 bits per heavy atom. The summed E-state index contributed by atoms with van der Waals surface area (Å²) in [6, 6.07) is 5.35. The molecule has 0 aliphatic heterocycles. The zero-order chi connectivity index (χ0) is 15.5. The van der Waals surface area contributed by atoms with Gasteiger partial charge in [-0.1, -0.05) is 57.9 Å². The van der Waals surface area contributed by atoms with E-state index >= 15 is 0 Å². The molecule has 1 rings (SSSR count). The molecule has 0 saturated carbocycles. The fourth-order valence-corrected chi connectivity index (χ4v) is 2.35. The van der Waals surface area contributed by atoms with Gasteiger partial charge in [0, 0.05) is 5.69 Å². The lowest BCUT2D eigenvalue weighted by Gasteiger charge is -2.08. The third-order valence-electron chi connectivity index (χ3n) is 3.83. The van der Waals surface area contributed by atoms with E-state index in [0.717, 1.165) is 18.4 Å². The van der Waals surface area contributed by atoms with Gasteiger partial charge >= 0.3 is 5.97 Å². The Bertz CT molecular complexity index is 429. The van der Waals surface area contributed by atoms with Gasteiger partial charge in [0.25, 0.3) is 0 Å². The molecule has 0 atom stereocenters. The molecular weight excluding hydrogens is 262 g/mol. The van der Waals surface area contributed by atoms with Crippen molar-refractivity contribution >= 4 is 11.7 Å². The first-order valence-corrected chi connectivity index (χ1v) is 8.19. The number of ether oxygens (including phenoxy) is 1. The Labute approximate surface area is 128 Å². The minimum absolute atomic E-state index is 0.261. The highest BCUT2D eigenvalue weighted by Crippen LogP contribution is 2.16. The van der Waals surface area contributed by atoms with Crippen molar-refractivity contribution in [3.8, 4) is 0 Å². The van der Waals surface area contributed by atoms with Crippen molar-refractivity contribution in [2.75, 3.05) is 12.3 Å². The number of hydrogen-bond acceptors (Lipinski definition) is 3. The molecule has 1 aromatic carbocycles. The van der Waals surface area contributed by atoms with Crippen molar-refractivity contribution in [1.29, 1.82) is 0 Å². The molecule has 0 unspecified atom stereocenters. The lowest BCUT2D eigenvalue weighted by molar-refractivity contribution is 0.0497. The first-order valence-electron chi connectivity index (χ1n) is 8.19. The smallest absolute Gasteiger partial charge is 0.338 e. The molecule has 0 amide bonds. The first-order chi connectivity index (χ1) is 10.2. The first kappa shape index (κ1) is 17.5. The van der Waals surface area contributed by atoms with E-state index in [1.165, 1.54) is 38.5 Å². The number of hydrogen-bond donors (Lipinski definition) is 1. The van der Waals surface area contributed by atoms with Gasteiger partial charge in [-0.15, -0.1) is 0 Å². The molecule has 3 heteroatoms. The lowest BCUT2D eigenvalue weighted by atomic mass is 10.1. The Morgan fingerprint density at radius 1 is 1.05 bits per heavy atom. The van der Waals surface area contributed by atoms with Crippen molar-refractivity contribution in [3.05, 3.63) is 29.3 Å². The van der Waals surface area contributed by atoms with Crippen LogP contribution in [0.25, 0.3) is 0 Å². The van der Waals surface area contributed by atoms with Crippen molar-refractivity contribution in [2.45, 2.75) is 65.2 Å². The molecule has 0 saturated heterocycles. The number of rotatable bonds is 10. The van der Waals surface area contributed by atoms with E-state index in [9.17, 15) is 4.79 Å². The predicted octanol–water partition coefficient (Wildman–Crippen LogP) is 4.87. The van der Waals surface area contributed by atoms with Crippen LogP contribution in [-0.2, 0) is 4.74 Å². The molecule has 1 aromatic rings. The van der Waals surface area contributed by atoms with Crippen LogP contribution in [0.15, 0.2) is 18.2 Å². The second-order valence-corrected chi connectivity index (χ2v) is 5.63. The average molecular weight is 291 g/mol. The Kier molecular flexibility index (Phi) is 8.56. The van der Waals surface area contributed by atoms with Gasteiger partial charge in [-0.25, -0.2) is 4.79 Å². The van der Waals surface area contributed by atoms with E-state index < -0.39 is 0 Å². The molecule has 0 aliphatic rings. The summed E-state index contributed by atoms with van der Waals surface area (Å²) in [6.07, 6.45) is 9.92. The van der Waals surface area contributed by atoms with Crippen molar-refractivity contribution in [3.63, 3.8) is 0 Å². The summed E-state index contributed by atoms with van der Waals surface area (Å²) in [7, 11) is 0. The Balaban J connectivity index is 2.13. The number of benzene rings is 1. The largest absolute Gasteiger partial charge is 0.462 e. The van der Waals surface area contributed by atoms with Gasteiger partial charge in [-0.2, -0.15) is 0 Å². The van der Waals surface area contributed by atoms with Crippen LogP contribution in [0.3, 0.4) is 0 Å². The molecule has 0 aromatic heterocycles. The Morgan fingerprint density at radius 3 is 2.33 bits per heavy atom. The number of carbonyl (C=O) groups excluding carboxylic acids is 1. The van der Waals surface area contributed by atoms with Crippen LogP contribution in [0.5, 0.6) is 0 Å². The van der Waals surface area contributed by atoms with E-state index in [-0.39, 0.29) is 5.97 Å². The quantitative estimate of drug-likeness (QED) is 0.380. The highest BCUT2D eigenvalue weighted by molar-refractivity contribution is 5.92. The molecular formula is C18H29NO2. The summed E-state index contributed by atoms with van der Waals surface area (Å²) in [6.45, 7) is 4.58. The Hall–Kier alpha value is -1.51. The number of nitrogen functional groups attached to an aromatic ring is 1. The fourth-order valence-electron chi connectivity index (χ4n) is 2.35. The second kappa shape index (κ2) is 10.3. The van der Waals surface area contributed by atoms with Crippen molar-refractivity contribution < 1.29 is 9.53 Å². The molecule has 118 valence electrons. The number of esters is 1. The summed E-state index contributed by atoms with van der Waals surface area (Å²) in [5, 5.41) is 0. The highest BCUT2D eigenvalue weighted by Gasteiger charge is 2.11. The third kappa shape index (κ3) is 6.65. The van der Waals surface area contributed by atoms with Crippen molar-refractivity contribution in [2.24, 2.45) is 0 Å². The molecule has 2 N–H and O–H groups in total. The SMILES string of the molecule is CCCCCCCCCCOC(=O)c1cccc(N)c1C. The molecule has 0 bridgehead atoms. The normalized spacial score (nSPS) is 10.6. The van der Waals surface area contributed by atoms with Gasteiger partial charge in [0.1, 0.15) is 0 Å². The molecule has 0 spiro atoms. The molecule has 0 fully saturated rings. The summed E-state index contributed by atoms with van der Waals surface area (Å²) >= 11 is 0. The van der Waals surface area contributed by atoms with Gasteiger partial charge in [0.05, 0.1) is 12.2 Å². The van der Waals surface area contributed by atoms with Crippen LogP contribution in [0.1, 0.15) is 74.2 Å². The van der Waals surface area contributed by atoms with Gasteiger partial charge in [0.2, 0.25) is 0 Å². The van der Waals surface area contributed by atoms with E-state index in [0.29, 0.717) is 17.9 Å². The summed E-state index contributed by atoms with van der Waals surface area (Å²) < 4.78 is 5.31. The van der Waals surface area contributed by atoms with E-state index in [2.05, 4.69) is 6.92 Å². The molecule has 3 nitrogen and oxygen atoms in total. The highest BCUT2D eigenvalue weighted by atomic mass is 16.5. The summed E-state index contributed by atoms with van der Waals surface area (Å²) in [5.41, 5.74) is 7.81. The van der Waals surface area contributed by atoms with Crippen LogP contribution in [0.2, 0.25) is 0 Å². The third-order valence-corrected chi connectivity index (χ3v) is 3.83. The van der Waals surface area contributed by atoms with Crippen LogP contribution in [0, 0.1) is 6.92 Å². The van der Waals surface area contributed by atoms with E-state index in [1.807, 2.05) is 6.92 Å². The second-order valence-electron chi connectivity index (χ2n) is 5.63. The fraction of sp³-hybridized carbons (Fsp3) is 0.611. The number of carbonyl (C=O) groups is 1. The maximum atomic E-state index is 11.9. The van der Waals surface area contributed by atoms with Gasteiger partial charge in [0.15, 0.2) is 0 Å². The van der Waals surface area contributed by atoms with Crippen LogP contribution < -0.4 is 5.73 Å². The average Bonchev–Trinajstić information content (AvgIpc) is 2.48. The zero-order valence-electron chi connectivity index (χ0n) is 13.5. The van der Waals surface area contributed by atoms with Gasteiger partial charge in [-0.3, -0.25) is 0 Å². The number of nitrogens with two attached hydrogens (primary N) is 1. The topological polar surface area (TPSA) is 52.3 Å². The summed E-state index contributed by atoms with van der Waals surface area (Å²) in [5.74, 6) is -0.261. The maximum Gasteiger partial charge on any atom is 0.338 e. The molecule has 0 aliphatic carbocycles. The predicted molar refractivity (Wildman–Crippen MR) is 88.5 cm³/mol. The monoisotopic (exact) mass is 291 g/mol. The maximum absolute atomic E-state index is 11.9. The van der Waals surface area contributed by atoms with Crippen molar-refractivity contribution in [1.82, 2.24) is 0 Å². The van der Waals surface area contributed by atoms with Crippen LogP contribution >= 0.6 is 0 Å². The lowest BCUT2D eigenvalue weighted by Crippen LogP contribution is -2.09. The number of anilines is 1. The van der Waals surface area contributed by atoms with Crippen LogP contribution in [0.4, 0.5) is 5.69 Å². The molecule has 21 heavy (non-hydrogen) atoms. The van der Waals surface area contributed by atoms with E-state index in [4.69, 9.17) is 10.5 Å². The van der Waals surface area contributed by atoms with E-state index in [1.54, 1.807) is 18.2 Å². The summed E-state index contributed by atoms with van der Waals surface area (Å²) in [4.78, 5) is 11.9. The standard InChI is InChI=1S/C18H29NO2/c1-3-4-5-6-7-8-9-10-14-21-18(20)16-12-11-13-17(19)15(16)2/h11-13H,3-10,14,19H2,1-2H3. The molecule has 0 heterocycles. The zero-order valence-corrected chi connectivity index (χ0v) is 13.5.